The van der Waals surface area contributed by atoms with Crippen molar-refractivity contribution in [3.63, 3.8) is 0 Å². The number of nitrogens with one attached hydrogen (secondary N) is 2. The van der Waals surface area contributed by atoms with Crippen LogP contribution in [0.1, 0.15) is 36.3 Å². The molecule has 1 amide bonds. The molecule has 1 fully saturated rings. The minimum Gasteiger partial charge on any atom is -0.393 e. The molecule has 0 bridgehead atoms. The maximum absolute atomic E-state index is 11.7. The number of H-pyrrole nitrogens is 1. The molecule has 2 rings (SSSR count). The van der Waals surface area contributed by atoms with E-state index >= 15 is 0 Å². The van der Waals surface area contributed by atoms with E-state index < -0.39 is 0 Å². The van der Waals surface area contributed by atoms with Crippen molar-refractivity contribution >= 4 is 5.91 Å². The molecular formula is C13H19N3O3. The summed E-state index contributed by atoms with van der Waals surface area (Å²) in [6.45, 7) is 3.50. The van der Waals surface area contributed by atoms with Gasteiger partial charge in [-0.25, -0.2) is 4.98 Å². The predicted octanol–water partition coefficient (Wildman–Crippen LogP) is -0.0412. The Hall–Kier alpha value is -1.69. The third kappa shape index (κ3) is 3.41. The van der Waals surface area contributed by atoms with Gasteiger partial charge in [0.2, 0.25) is 5.91 Å². The van der Waals surface area contributed by atoms with Crippen LogP contribution in [-0.4, -0.2) is 33.1 Å². The monoisotopic (exact) mass is 265 g/mol. The third-order valence-electron chi connectivity index (χ3n) is 3.42. The summed E-state index contributed by atoms with van der Waals surface area (Å²) < 4.78 is 0. The number of aryl methyl sites for hydroxylation is 2. The molecule has 1 saturated carbocycles. The minimum atomic E-state index is -0.281. The zero-order chi connectivity index (χ0) is 14.0. The molecular weight excluding hydrogens is 246 g/mol. The van der Waals surface area contributed by atoms with E-state index in [0.717, 1.165) is 0 Å². The number of carbonyl (C=O) groups excluding carboxylic acids is 1. The number of amides is 1. The molecule has 6 nitrogen and oxygen atoms in total. The first kappa shape index (κ1) is 13.7. The normalized spacial score (nSPS) is 21.8. The lowest BCUT2D eigenvalue weighted by Gasteiger charge is -2.31. The van der Waals surface area contributed by atoms with Gasteiger partial charge in [0.25, 0.3) is 5.56 Å². The van der Waals surface area contributed by atoms with Crippen molar-refractivity contribution in [1.82, 2.24) is 15.3 Å². The third-order valence-corrected chi connectivity index (χ3v) is 3.42. The summed E-state index contributed by atoms with van der Waals surface area (Å²) in [4.78, 5) is 30.3. The van der Waals surface area contributed by atoms with Gasteiger partial charge in [-0.05, 0) is 33.1 Å². The number of hydrogen-bond acceptors (Lipinski definition) is 4. The molecule has 1 aromatic heterocycles. The number of aromatic amines is 1. The second-order valence-corrected chi connectivity index (χ2v) is 5.10. The molecule has 0 aromatic carbocycles. The lowest BCUT2D eigenvalue weighted by Crippen LogP contribution is -2.46. The number of aliphatic hydroxyl groups excluding tert-OH is 1. The molecule has 1 heterocycles. The number of nitrogens with zero attached hydrogens (tertiary/aromatic N) is 1. The van der Waals surface area contributed by atoms with Crippen molar-refractivity contribution in [1.29, 1.82) is 0 Å². The standard InChI is InChI=1S/C13H19N3O3/c1-7-11(13(19)15-8(2)14-7)3-4-12(18)16-9-5-10(17)6-9/h9-10,17H,3-6H2,1-2H3,(H,16,18)(H,14,15,19). The smallest absolute Gasteiger partial charge is 0.254 e. The Balaban J connectivity index is 1.88. The van der Waals surface area contributed by atoms with E-state index in [2.05, 4.69) is 15.3 Å². The first-order valence-corrected chi connectivity index (χ1v) is 6.49. The van der Waals surface area contributed by atoms with E-state index in [0.29, 0.717) is 36.3 Å². The van der Waals surface area contributed by atoms with Crippen LogP contribution in [0.2, 0.25) is 0 Å². The lowest BCUT2D eigenvalue weighted by atomic mass is 9.89. The predicted molar refractivity (Wildman–Crippen MR) is 69.8 cm³/mol. The number of carbonyl (C=O) groups is 1. The Bertz CT molecular complexity index is 532. The summed E-state index contributed by atoms with van der Waals surface area (Å²) >= 11 is 0. The van der Waals surface area contributed by atoms with Crippen LogP contribution in [0.5, 0.6) is 0 Å². The highest BCUT2D eigenvalue weighted by Crippen LogP contribution is 2.19. The number of aromatic nitrogens is 2. The highest BCUT2D eigenvalue weighted by Gasteiger charge is 2.28. The maximum Gasteiger partial charge on any atom is 0.254 e. The van der Waals surface area contributed by atoms with Crippen molar-refractivity contribution in [2.24, 2.45) is 0 Å². The first-order valence-electron chi connectivity index (χ1n) is 6.49. The molecule has 6 heteroatoms. The molecule has 0 aliphatic heterocycles. The topological polar surface area (TPSA) is 95.1 Å². The molecule has 0 unspecified atom stereocenters. The molecule has 0 spiro atoms. The summed E-state index contributed by atoms with van der Waals surface area (Å²) in [5.74, 6) is 0.496. The van der Waals surface area contributed by atoms with E-state index in [1.54, 1.807) is 13.8 Å². The average Bonchev–Trinajstić information content (AvgIpc) is 2.25. The van der Waals surface area contributed by atoms with E-state index in [9.17, 15) is 9.59 Å². The van der Waals surface area contributed by atoms with Gasteiger partial charge in [-0.15, -0.1) is 0 Å². The molecule has 0 atom stereocenters. The fourth-order valence-corrected chi connectivity index (χ4v) is 2.29. The van der Waals surface area contributed by atoms with Gasteiger partial charge in [0, 0.05) is 23.7 Å². The number of aliphatic hydroxyl groups is 1. The fraction of sp³-hybridized carbons (Fsp3) is 0.615. The van der Waals surface area contributed by atoms with E-state index in [4.69, 9.17) is 5.11 Å². The van der Waals surface area contributed by atoms with Crippen LogP contribution in [0.15, 0.2) is 4.79 Å². The Kier molecular flexibility index (Phi) is 3.99. The lowest BCUT2D eigenvalue weighted by molar-refractivity contribution is -0.123. The molecule has 1 aliphatic rings. The Morgan fingerprint density at radius 3 is 2.74 bits per heavy atom. The highest BCUT2D eigenvalue weighted by atomic mass is 16.3. The quantitative estimate of drug-likeness (QED) is 0.712. The van der Waals surface area contributed by atoms with Crippen molar-refractivity contribution in [3.05, 3.63) is 27.4 Å². The second-order valence-electron chi connectivity index (χ2n) is 5.10. The van der Waals surface area contributed by atoms with Crippen LogP contribution in [0.25, 0.3) is 0 Å². The van der Waals surface area contributed by atoms with Gasteiger partial charge in [-0.1, -0.05) is 0 Å². The van der Waals surface area contributed by atoms with Crippen LogP contribution < -0.4 is 10.9 Å². The van der Waals surface area contributed by atoms with Crippen molar-refractivity contribution in [3.8, 4) is 0 Å². The van der Waals surface area contributed by atoms with Crippen LogP contribution in [0, 0.1) is 13.8 Å². The van der Waals surface area contributed by atoms with Crippen molar-refractivity contribution in [2.75, 3.05) is 0 Å². The molecule has 3 N–H and O–H groups in total. The zero-order valence-corrected chi connectivity index (χ0v) is 11.2. The molecule has 1 aliphatic carbocycles. The Labute approximate surface area is 111 Å². The fourth-order valence-electron chi connectivity index (χ4n) is 2.29. The van der Waals surface area contributed by atoms with E-state index in [-0.39, 0.29) is 30.0 Å². The number of rotatable bonds is 4. The Morgan fingerprint density at radius 1 is 1.47 bits per heavy atom. The summed E-state index contributed by atoms with van der Waals surface area (Å²) in [6, 6.07) is 0.0815. The van der Waals surface area contributed by atoms with Crippen LogP contribution in [-0.2, 0) is 11.2 Å². The van der Waals surface area contributed by atoms with E-state index in [1.165, 1.54) is 0 Å². The van der Waals surface area contributed by atoms with Gasteiger partial charge < -0.3 is 15.4 Å². The summed E-state index contributed by atoms with van der Waals surface area (Å²) in [5.41, 5.74) is 1.07. The minimum absolute atomic E-state index is 0.0815. The van der Waals surface area contributed by atoms with E-state index in [1.807, 2.05) is 0 Å². The molecule has 19 heavy (non-hydrogen) atoms. The molecule has 1 aromatic rings. The SMILES string of the molecule is Cc1nc(C)c(CCC(=O)NC2CC(O)C2)c(=O)[nH]1. The number of hydrogen-bond donors (Lipinski definition) is 3. The van der Waals surface area contributed by atoms with Crippen molar-refractivity contribution < 1.29 is 9.90 Å². The van der Waals surface area contributed by atoms with Gasteiger partial charge in [-0.2, -0.15) is 0 Å². The summed E-state index contributed by atoms with van der Waals surface area (Å²) in [7, 11) is 0. The summed E-state index contributed by atoms with van der Waals surface area (Å²) in [6.07, 6.45) is 1.61. The average molecular weight is 265 g/mol. The van der Waals surface area contributed by atoms with Crippen molar-refractivity contribution in [2.45, 2.75) is 51.7 Å². The summed E-state index contributed by atoms with van der Waals surface area (Å²) in [5, 5.41) is 12.0. The van der Waals surface area contributed by atoms with Gasteiger partial charge in [0.05, 0.1) is 6.10 Å². The largest absolute Gasteiger partial charge is 0.393 e. The van der Waals surface area contributed by atoms with Gasteiger partial charge in [0.1, 0.15) is 5.82 Å². The highest BCUT2D eigenvalue weighted by molar-refractivity contribution is 5.76. The molecule has 104 valence electrons. The first-order chi connectivity index (χ1) is 8.95. The van der Waals surface area contributed by atoms with Gasteiger partial charge >= 0.3 is 0 Å². The van der Waals surface area contributed by atoms with Gasteiger partial charge in [0.15, 0.2) is 0 Å². The van der Waals surface area contributed by atoms with Crippen LogP contribution >= 0.6 is 0 Å². The molecule has 0 radical (unpaired) electrons. The van der Waals surface area contributed by atoms with Gasteiger partial charge in [-0.3, -0.25) is 9.59 Å². The maximum atomic E-state index is 11.7. The molecule has 0 saturated heterocycles. The zero-order valence-electron chi connectivity index (χ0n) is 11.2. The van der Waals surface area contributed by atoms with Crippen LogP contribution in [0.4, 0.5) is 0 Å². The Morgan fingerprint density at radius 2 is 2.16 bits per heavy atom. The van der Waals surface area contributed by atoms with Crippen LogP contribution in [0.3, 0.4) is 0 Å². The second kappa shape index (κ2) is 5.52.